The van der Waals surface area contributed by atoms with E-state index < -0.39 is 0 Å². The molecule has 9 heavy (non-hydrogen) atoms. The number of aromatic nitrogens is 1. The van der Waals surface area contributed by atoms with Crippen LogP contribution in [0.1, 0.15) is 5.56 Å². The van der Waals surface area contributed by atoms with Crippen LogP contribution in [-0.4, -0.2) is 4.98 Å². The van der Waals surface area contributed by atoms with Crippen LogP contribution in [0.2, 0.25) is 0 Å². The molecular formula is C6H11N3. The maximum absolute atomic E-state index is 5.46. The summed E-state index contributed by atoms with van der Waals surface area (Å²) in [6.07, 6.45) is 3.38. The number of nitrogen functional groups attached to an aromatic ring is 1. The molecule has 1 heterocycles. The number of rotatable bonds is 0. The summed E-state index contributed by atoms with van der Waals surface area (Å²) in [7, 11) is 0. The van der Waals surface area contributed by atoms with Crippen molar-refractivity contribution in [3.8, 4) is 0 Å². The second-order valence-corrected chi connectivity index (χ2v) is 1.73. The van der Waals surface area contributed by atoms with Gasteiger partial charge in [0.25, 0.3) is 0 Å². The predicted molar refractivity (Wildman–Crippen MR) is 38.4 cm³/mol. The Morgan fingerprint density at radius 3 is 2.56 bits per heavy atom. The molecule has 0 atom stereocenters. The molecule has 1 rings (SSSR count). The summed E-state index contributed by atoms with van der Waals surface area (Å²) in [5.41, 5.74) is 7.30. The zero-order chi connectivity index (χ0) is 5.98. The highest BCUT2D eigenvalue weighted by Gasteiger charge is 1.85. The van der Waals surface area contributed by atoms with E-state index in [1.165, 1.54) is 0 Å². The van der Waals surface area contributed by atoms with Gasteiger partial charge in [-0.05, 0) is 18.6 Å². The normalized spacial score (nSPS) is 8.11. The Morgan fingerprint density at radius 1 is 1.56 bits per heavy atom. The largest absolute Gasteiger partial charge is 0.397 e. The SMILES string of the molecule is Cc1ccncc1N.N. The molecule has 50 valence electrons. The fourth-order valence-electron chi connectivity index (χ4n) is 0.476. The van der Waals surface area contributed by atoms with Crippen LogP contribution in [0.15, 0.2) is 18.5 Å². The Labute approximate surface area is 54.5 Å². The molecule has 0 unspecified atom stereocenters. The highest BCUT2D eigenvalue weighted by molar-refractivity contribution is 5.42. The summed E-state index contributed by atoms with van der Waals surface area (Å²) >= 11 is 0. The Bertz CT molecular complexity index is 164. The van der Waals surface area contributed by atoms with Gasteiger partial charge >= 0.3 is 0 Å². The molecular weight excluding hydrogens is 114 g/mol. The molecule has 0 spiro atoms. The molecule has 1 aromatic heterocycles. The number of nitrogens with two attached hydrogens (primary N) is 1. The lowest BCUT2D eigenvalue weighted by atomic mass is 10.3. The molecule has 0 aliphatic carbocycles. The Balaban J connectivity index is 0.000000640. The minimum absolute atomic E-state index is 0. The van der Waals surface area contributed by atoms with Crippen molar-refractivity contribution in [1.29, 1.82) is 0 Å². The van der Waals surface area contributed by atoms with Crippen LogP contribution >= 0.6 is 0 Å². The van der Waals surface area contributed by atoms with Crippen LogP contribution in [0, 0.1) is 6.92 Å². The first-order valence-corrected chi connectivity index (χ1v) is 2.47. The standard InChI is InChI=1S/C6H8N2.H3N/c1-5-2-3-8-4-6(5)7;/h2-4H,7H2,1H3;1H3. The van der Waals surface area contributed by atoms with E-state index in [2.05, 4.69) is 4.98 Å². The van der Waals surface area contributed by atoms with Crippen molar-refractivity contribution in [3.05, 3.63) is 24.0 Å². The summed E-state index contributed by atoms with van der Waals surface area (Å²) in [5, 5.41) is 0. The van der Waals surface area contributed by atoms with Gasteiger partial charge in [-0.2, -0.15) is 0 Å². The van der Waals surface area contributed by atoms with Gasteiger partial charge in [-0.3, -0.25) is 4.98 Å². The monoisotopic (exact) mass is 125 g/mol. The van der Waals surface area contributed by atoms with Gasteiger partial charge in [-0.15, -0.1) is 0 Å². The van der Waals surface area contributed by atoms with Crippen LogP contribution in [0.25, 0.3) is 0 Å². The fraction of sp³-hybridized carbons (Fsp3) is 0.167. The van der Waals surface area contributed by atoms with Crippen molar-refractivity contribution < 1.29 is 0 Å². The van der Waals surface area contributed by atoms with Crippen LogP contribution in [0.4, 0.5) is 5.69 Å². The first-order chi connectivity index (χ1) is 3.80. The topological polar surface area (TPSA) is 73.9 Å². The maximum Gasteiger partial charge on any atom is 0.0530 e. The number of anilines is 1. The molecule has 0 saturated carbocycles. The molecule has 0 amide bonds. The number of nitrogens with zero attached hydrogens (tertiary/aromatic N) is 1. The molecule has 3 heteroatoms. The fourth-order valence-corrected chi connectivity index (χ4v) is 0.476. The van der Waals surface area contributed by atoms with Crippen LogP contribution in [0.3, 0.4) is 0 Å². The third-order valence-electron chi connectivity index (χ3n) is 1.08. The molecule has 0 aliphatic heterocycles. The number of hydrogen-bond acceptors (Lipinski definition) is 3. The highest BCUT2D eigenvalue weighted by Crippen LogP contribution is 2.04. The first-order valence-electron chi connectivity index (χ1n) is 2.47. The van der Waals surface area contributed by atoms with E-state index in [4.69, 9.17) is 5.73 Å². The van der Waals surface area contributed by atoms with Gasteiger partial charge < -0.3 is 11.9 Å². The first kappa shape index (κ1) is 7.91. The van der Waals surface area contributed by atoms with Gasteiger partial charge in [0.2, 0.25) is 0 Å². The van der Waals surface area contributed by atoms with Gasteiger partial charge in [0.1, 0.15) is 0 Å². The van der Waals surface area contributed by atoms with E-state index in [1.807, 2.05) is 13.0 Å². The quantitative estimate of drug-likeness (QED) is 0.546. The van der Waals surface area contributed by atoms with Crippen LogP contribution < -0.4 is 11.9 Å². The highest BCUT2D eigenvalue weighted by atomic mass is 14.7. The maximum atomic E-state index is 5.46. The lowest BCUT2D eigenvalue weighted by Gasteiger charge is -1.92. The second kappa shape index (κ2) is 3.04. The van der Waals surface area contributed by atoms with E-state index in [9.17, 15) is 0 Å². The average Bonchev–Trinajstić information content (AvgIpc) is 1.77. The summed E-state index contributed by atoms with van der Waals surface area (Å²) in [5.74, 6) is 0. The van der Waals surface area contributed by atoms with Crippen LogP contribution in [0.5, 0.6) is 0 Å². The summed E-state index contributed by atoms with van der Waals surface area (Å²) in [4.78, 5) is 3.82. The molecule has 0 bridgehead atoms. The molecule has 0 saturated heterocycles. The van der Waals surface area contributed by atoms with Gasteiger partial charge in [0, 0.05) is 12.4 Å². The average molecular weight is 125 g/mol. The number of aryl methyl sites for hydroxylation is 1. The smallest absolute Gasteiger partial charge is 0.0530 e. The Morgan fingerprint density at radius 2 is 2.22 bits per heavy atom. The van der Waals surface area contributed by atoms with Gasteiger partial charge in [-0.25, -0.2) is 0 Å². The molecule has 0 aromatic carbocycles. The Kier molecular flexibility index (Phi) is 2.67. The predicted octanol–water partition coefficient (Wildman–Crippen LogP) is 1.13. The van der Waals surface area contributed by atoms with Gasteiger partial charge in [0.15, 0.2) is 0 Å². The van der Waals surface area contributed by atoms with Crippen LogP contribution in [-0.2, 0) is 0 Å². The van der Waals surface area contributed by atoms with Crippen molar-refractivity contribution >= 4 is 5.69 Å². The molecule has 1 aromatic rings. The molecule has 3 nitrogen and oxygen atoms in total. The zero-order valence-electron chi connectivity index (χ0n) is 5.46. The van der Waals surface area contributed by atoms with Crippen molar-refractivity contribution in [2.75, 3.05) is 5.73 Å². The third kappa shape index (κ3) is 1.70. The summed E-state index contributed by atoms with van der Waals surface area (Å²) < 4.78 is 0. The molecule has 0 aliphatic rings. The lowest BCUT2D eigenvalue weighted by Crippen LogP contribution is -1.88. The van der Waals surface area contributed by atoms with Crippen molar-refractivity contribution in [2.45, 2.75) is 6.92 Å². The van der Waals surface area contributed by atoms with Gasteiger partial charge in [-0.1, -0.05) is 0 Å². The Hall–Kier alpha value is -1.09. The summed E-state index contributed by atoms with van der Waals surface area (Å²) in [6.45, 7) is 1.96. The van der Waals surface area contributed by atoms with Crippen molar-refractivity contribution in [3.63, 3.8) is 0 Å². The third-order valence-corrected chi connectivity index (χ3v) is 1.08. The lowest BCUT2D eigenvalue weighted by molar-refractivity contribution is 1.29. The van der Waals surface area contributed by atoms with E-state index in [0.717, 1.165) is 11.3 Å². The zero-order valence-corrected chi connectivity index (χ0v) is 5.46. The minimum atomic E-state index is 0. The molecule has 0 radical (unpaired) electrons. The van der Waals surface area contributed by atoms with E-state index in [1.54, 1.807) is 12.4 Å². The number of pyridine rings is 1. The summed E-state index contributed by atoms with van der Waals surface area (Å²) in [6, 6.07) is 1.88. The van der Waals surface area contributed by atoms with Crippen molar-refractivity contribution in [1.82, 2.24) is 11.1 Å². The van der Waals surface area contributed by atoms with Gasteiger partial charge in [0.05, 0.1) is 5.69 Å². The van der Waals surface area contributed by atoms with E-state index in [0.29, 0.717) is 0 Å². The van der Waals surface area contributed by atoms with E-state index in [-0.39, 0.29) is 6.15 Å². The van der Waals surface area contributed by atoms with Crippen molar-refractivity contribution in [2.24, 2.45) is 0 Å². The minimum Gasteiger partial charge on any atom is -0.397 e. The number of hydrogen-bond donors (Lipinski definition) is 2. The molecule has 0 fully saturated rings. The molecule has 5 N–H and O–H groups in total. The van der Waals surface area contributed by atoms with E-state index >= 15 is 0 Å². The second-order valence-electron chi connectivity index (χ2n) is 1.73.